The minimum atomic E-state index is -0.250. The summed E-state index contributed by atoms with van der Waals surface area (Å²) in [5.74, 6) is 0. The number of hydrogen-bond donors (Lipinski definition) is 4. The van der Waals surface area contributed by atoms with Crippen molar-refractivity contribution in [3.63, 3.8) is 0 Å². The molecule has 0 aliphatic heterocycles. The predicted molar refractivity (Wildman–Crippen MR) is 80.5 cm³/mol. The number of rotatable bonds is 1. The summed E-state index contributed by atoms with van der Waals surface area (Å²) in [6.45, 7) is -0.250. The van der Waals surface area contributed by atoms with Crippen molar-refractivity contribution >= 4 is 28.5 Å². The van der Waals surface area contributed by atoms with Gasteiger partial charge in [0.25, 0.3) is 6.47 Å². The first-order valence-electron chi connectivity index (χ1n) is 6.32. The summed E-state index contributed by atoms with van der Waals surface area (Å²) in [7, 11) is 0. The van der Waals surface area contributed by atoms with Gasteiger partial charge in [-0.05, 0) is 12.1 Å². The van der Waals surface area contributed by atoms with Gasteiger partial charge in [0.15, 0.2) is 0 Å². The fourth-order valence-electron chi connectivity index (χ4n) is 2.34. The van der Waals surface area contributed by atoms with E-state index in [-0.39, 0.29) is 12.2 Å². The van der Waals surface area contributed by atoms with Crippen LogP contribution >= 0.6 is 0 Å². The molecule has 0 aliphatic rings. The molecule has 4 rings (SSSR count). The Hall–Kier alpha value is -3.42. The normalized spacial score (nSPS) is 10.4. The molecule has 3 heterocycles. The second kappa shape index (κ2) is 5.52. The lowest BCUT2D eigenvalue weighted by molar-refractivity contribution is -0.122. The van der Waals surface area contributed by atoms with Crippen molar-refractivity contribution in [1.29, 1.82) is 0 Å². The van der Waals surface area contributed by atoms with Crippen molar-refractivity contribution in [2.75, 3.05) is 0 Å². The van der Waals surface area contributed by atoms with E-state index >= 15 is 0 Å². The largest absolute Gasteiger partial charge is 0.483 e. The lowest BCUT2D eigenvalue weighted by Crippen LogP contribution is -1.99. The molecule has 1 aromatic carbocycles. The molecular weight excluding hydrogens is 286 g/mol. The van der Waals surface area contributed by atoms with Crippen molar-refractivity contribution in [2.24, 2.45) is 0 Å². The van der Waals surface area contributed by atoms with Crippen molar-refractivity contribution in [3.05, 3.63) is 47.3 Å². The van der Waals surface area contributed by atoms with Gasteiger partial charge in [-0.25, -0.2) is 14.8 Å². The quantitative estimate of drug-likeness (QED) is 0.396. The standard InChI is InChI=1S/C13H9N5O.CH2O2/c19-13-17-9-3-1-2-7(11(9)18-13)10-8-4-5-14-12(8)16-6-15-10;2-1-3/h1-6H,(H,14,15,16)(H2,17,18,19);1H,(H,2,3). The highest BCUT2D eigenvalue weighted by molar-refractivity contribution is 5.99. The van der Waals surface area contributed by atoms with Crippen molar-refractivity contribution in [1.82, 2.24) is 24.9 Å². The van der Waals surface area contributed by atoms with Crippen LogP contribution in [0, 0.1) is 0 Å². The summed E-state index contributed by atoms with van der Waals surface area (Å²) in [6, 6.07) is 7.60. The van der Waals surface area contributed by atoms with Gasteiger partial charge in [-0.1, -0.05) is 12.1 Å². The zero-order valence-corrected chi connectivity index (χ0v) is 11.2. The van der Waals surface area contributed by atoms with Gasteiger partial charge >= 0.3 is 5.69 Å². The molecule has 0 amide bonds. The van der Waals surface area contributed by atoms with Crippen LogP contribution in [0.2, 0.25) is 0 Å². The van der Waals surface area contributed by atoms with E-state index in [0.29, 0.717) is 0 Å². The zero-order valence-electron chi connectivity index (χ0n) is 11.2. The van der Waals surface area contributed by atoms with Gasteiger partial charge in [0.1, 0.15) is 12.0 Å². The maximum atomic E-state index is 11.4. The molecule has 0 saturated carbocycles. The molecule has 0 aliphatic carbocycles. The number of carboxylic acid groups (broad SMARTS) is 1. The first kappa shape index (κ1) is 13.6. The molecule has 8 nitrogen and oxygen atoms in total. The molecule has 22 heavy (non-hydrogen) atoms. The molecule has 4 N–H and O–H groups in total. The Labute approximate surface area is 122 Å². The smallest absolute Gasteiger partial charge is 0.323 e. The summed E-state index contributed by atoms with van der Waals surface area (Å²) in [5.41, 5.74) is 3.76. The minimum Gasteiger partial charge on any atom is -0.483 e. The third kappa shape index (κ3) is 2.22. The summed E-state index contributed by atoms with van der Waals surface area (Å²) in [5, 5.41) is 7.82. The topological polar surface area (TPSA) is 128 Å². The summed E-state index contributed by atoms with van der Waals surface area (Å²) < 4.78 is 0. The number of imidazole rings is 1. The fourth-order valence-corrected chi connectivity index (χ4v) is 2.34. The Bertz CT molecular complexity index is 998. The maximum absolute atomic E-state index is 11.4. The number of H-pyrrole nitrogens is 3. The first-order chi connectivity index (χ1) is 10.7. The number of carbonyl (C=O) groups is 1. The van der Waals surface area contributed by atoms with E-state index in [1.54, 1.807) is 0 Å². The van der Waals surface area contributed by atoms with E-state index in [2.05, 4.69) is 24.9 Å². The summed E-state index contributed by atoms with van der Waals surface area (Å²) in [6.07, 6.45) is 3.33. The van der Waals surface area contributed by atoms with Crippen molar-refractivity contribution < 1.29 is 9.90 Å². The van der Waals surface area contributed by atoms with E-state index in [1.165, 1.54) is 6.33 Å². The van der Waals surface area contributed by atoms with Gasteiger partial charge in [0, 0.05) is 17.1 Å². The lowest BCUT2D eigenvalue weighted by Gasteiger charge is -2.03. The lowest BCUT2D eigenvalue weighted by atomic mass is 10.1. The third-order valence-electron chi connectivity index (χ3n) is 3.16. The van der Waals surface area contributed by atoms with Gasteiger partial charge in [-0.15, -0.1) is 0 Å². The van der Waals surface area contributed by atoms with Crippen LogP contribution in [-0.2, 0) is 4.79 Å². The number of aromatic nitrogens is 5. The Kier molecular flexibility index (Phi) is 3.40. The average molecular weight is 297 g/mol. The number of hydrogen-bond acceptors (Lipinski definition) is 4. The molecule has 0 fully saturated rings. The van der Waals surface area contributed by atoms with Gasteiger partial charge < -0.3 is 20.1 Å². The molecule has 0 bridgehead atoms. The number of para-hydroxylation sites is 1. The SMILES string of the molecule is O=CO.O=c1[nH]c2cccc(-c3ncnc4[nH]ccc34)c2[nH]1. The highest BCUT2D eigenvalue weighted by atomic mass is 16.3. The number of benzene rings is 1. The highest BCUT2D eigenvalue weighted by Crippen LogP contribution is 2.28. The van der Waals surface area contributed by atoms with E-state index < -0.39 is 0 Å². The number of nitrogens with zero attached hydrogens (tertiary/aromatic N) is 2. The van der Waals surface area contributed by atoms with Crippen LogP contribution in [0.5, 0.6) is 0 Å². The Morgan fingerprint density at radius 2 is 1.95 bits per heavy atom. The average Bonchev–Trinajstić information content (AvgIpc) is 3.12. The minimum absolute atomic E-state index is 0.221. The molecule has 0 radical (unpaired) electrons. The van der Waals surface area contributed by atoms with Crippen LogP contribution in [-0.4, -0.2) is 36.5 Å². The van der Waals surface area contributed by atoms with E-state index in [4.69, 9.17) is 9.90 Å². The monoisotopic (exact) mass is 297 g/mol. The van der Waals surface area contributed by atoms with Crippen LogP contribution in [0.3, 0.4) is 0 Å². The highest BCUT2D eigenvalue weighted by Gasteiger charge is 2.11. The first-order valence-corrected chi connectivity index (χ1v) is 6.32. The Balaban J connectivity index is 0.000000446. The fraction of sp³-hybridized carbons (Fsp3) is 0. The Morgan fingerprint density at radius 1 is 1.14 bits per heavy atom. The second-order valence-corrected chi connectivity index (χ2v) is 4.37. The Morgan fingerprint density at radius 3 is 2.77 bits per heavy atom. The van der Waals surface area contributed by atoms with Gasteiger partial charge in [-0.3, -0.25) is 4.79 Å². The molecule has 0 spiro atoms. The van der Waals surface area contributed by atoms with Crippen LogP contribution in [0.1, 0.15) is 0 Å². The maximum Gasteiger partial charge on any atom is 0.323 e. The van der Waals surface area contributed by atoms with Crippen LogP contribution in [0.25, 0.3) is 33.3 Å². The molecule has 8 heteroatoms. The molecule has 0 unspecified atom stereocenters. The molecule has 110 valence electrons. The van der Waals surface area contributed by atoms with E-state index in [9.17, 15) is 4.79 Å². The molecular formula is C14H11N5O3. The number of nitrogens with one attached hydrogen (secondary N) is 3. The molecule has 0 atom stereocenters. The summed E-state index contributed by atoms with van der Waals surface area (Å²) in [4.78, 5) is 36.9. The third-order valence-corrected chi connectivity index (χ3v) is 3.16. The predicted octanol–water partition coefficient (Wildman–Crippen LogP) is 1.50. The summed E-state index contributed by atoms with van der Waals surface area (Å²) >= 11 is 0. The molecule has 0 saturated heterocycles. The molecule has 3 aromatic heterocycles. The zero-order chi connectivity index (χ0) is 15.5. The van der Waals surface area contributed by atoms with Crippen LogP contribution in [0.4, 0.5) is 0 Å². The van der Waals surface area contributed by atoms with Gasteiger partial charge in [0.05, 0.1) is 16.7 Å². The number of fused-ring (bicyclic) bond motifs is 2. The van der Waals surface area contributed by atoms with E-state index in [0.717, 1.165) is 33.3 Å². The van der Waals surface area contributed by atoms with Crippen LogP contribution < -0.4 is 5.69 Å². The van der Waals surface area contributed by atoms with Gasteiger partial charge in [-0.2, -0.15) is 0 Å². The van der Waals surface area contributed by atoms with E-state index in [1.807, 2.05) is 30.5 Å². The van der Waals surface area contributed by atoms with Crippen molar-refractivity contribution in [2.45, 2.75) is 0 Å². The second-order valence-electron chi connectivity index (χ2n) is 4.37. The van der Waals surface area contributed by atoms with Crippen molar-refractivity contribution in [3.8, 4) is 11.3 Å². The number of aromatic amines is 3. The molecule has 4 aromatic rings. The van der Waals surface area contributed by atoms with Crippen LogP contribution in [0.15, 0.2) is 41.6 Å². The van der Waals surface area contributed by atoms with Gasteiger partial charge in [0.2, 0.25) is 0 Å².